The van der Waals surface area contributed by atoms with Crippen LogP contribution in [-0.2, 0) is 10.2 Å². The number of hydrogen-bond donors (Lipinski definition) is 2. The second kappa shape index (κ2) is 7.00. The van der Waals surface area contributed by atoms with Crippen molar-refractivity contribution in [1.29, 1.82) is 0 Å². The maximum absolute atomic E-state index is 13.1. The third kappa shape index (κ3) is 3.47. The van der Waals surface area contributed by atoms with Crippen molar-refractivity contribution in [2.45, 2.75) is 38.0 Å². The number of benzene rings is 2. The van der Waals surface area contributed by atoms with Gasteiger partial charge in [-0.2, -0.15) is 0 Å². The Labute approximate surface area is 155 Å². The number of hydrogen-bond acceptors (Lipinski definition) is 2. The number of rotatable bonds is 4. The van der Waals surface area contributed by atoms with Crippen LogP contribution in [0.4, 0.5) is 5.69 Å². The second-order valence-electron chi connectivity index (χ2n) is 6.64. The molecule has 2 aromatic carbocycles. The topological polar surface area (TPSA) is 72.2 Å². The van der Waals surface area contributed by atoms with E-state index in [1.54, 1.807) is 18.2 Å². The van der Waals surface area contributed by atoms with Crippen LogP contribution < -0.4 is 11.1 Å². The van der Waals surface area contributed by atoms with Gasteiger partial charge in [-0.3, -0.25) is 9.59 Å². The number of primary amides is 1. The number of anilines is 1. The summed E-state index contributed by atoms with van der Waals surface area (Å²) in [5.41, 5.74) is 7.83. The predicted molar refractivity (Wildman–Crippen MR) is 103 cm³/mol. The molecule has 0 unspecified atom stereocenters. The Morgan fingerprint density at radius 1 is 1.08 bits per heavy atom. The summed E-state index contributed by atoms with van der Waals surface area (Å²) >= 11 is 3.45. The van der Waals surface area contributed by atoms with Crippen LogP contribution in [0, 0.1) is 6.92 Å². The highest BCUT2D eigenvalue weighted by atomic mass is 79.9. The lowest BCUT2D eigenvalue weighted by molar-refractivity contribution is -0.121. The SMILES string of the molecule is Cc1cc(NC(=O)C2(c3ccc(Br)cc3)CCCC2)ccc1C(N)=O. The molecule has 0 aromatic heterocycles. The summed E-state index contributed by atoms with van der Waals surface area (Å²) in [6.45, 7) is 1.82. The van der Waals surface area contributed by atoms with Gasteiger partial charge in [0, 0.05) is 15.7 Å². The van der Waals surface area contributed by atoms with Crippen molar-refractivity contribution < 1.29 is 9.59 Å². The first-order valence-electron chi connectivity index (χ1n) is 8.40. The predicted octanol–water partition coefficient (Wildman–Crippen LogP) is 4.31. The number of carbonyl (C=O) groups is 2. The van der Waals surface area contributed by atoms with Crippen LogP contribution >= 0.6 is 15.9 Å². The van der Waals surface area contributed by atoms with Gasteiger partial charge in [0.1, 0.15) is 0 Å². The van der Waals surface area contributed by atoms with Crippen LogP contribution in [0.2, 0.25) is 0 Å². The number of amides is 2. The molecule has 5 heteroatoms. The van der Waals surface area contributed by atoms with E-state index < -0.39 is 11.3 Å². The van der Waals surface area contributed by atoms with Gasteiger partial charge < -0.3 is 11.1 Å². The van der Waals surface area contributed by atoms with Crippen molar-refractivity contribution in [2.24, 2.45) is 5.73 Å². The maximum atomic E-state index is 13.1. The van der Waals surface area contributed by atoms with Crippen molar-refractivity contribution in [3.8, 4) is 0 Å². The van der Waals surface area contributed by atoms with E-state index in [0.29, 0.717) is 11.3 Å². The number of aryl methyl sites for hydroxylation is 1. The third-order valence-corrected chi connectivity index (χ3v) is 5.57. The molecule has 0 aliphatic heterocycles. The fourth-order valence-corrected chi connectivity index (χ4v) is 3.93. The summed E-state index contributed by atoms with van der Waals surface area (Å²) < 4.78 is 1.00. The Hall–Kier alpha value is -2.14. The van der Waals surface area contributed by atoms with E-state index in [1.165, 1.54) is 0 Å². The number of halogens is 1. The molecule has 0 radical (unpaired) electrons. The minimum absolute atomic E-state index is 0.0125. The normalized spacial score (nSPS) is 15.8. The average Bonchev–Trinajstić information content (AvgIpc) is 3.06. The van der Waals surface area contributed by atoms with Gasteiger partial charge >= 0.3 is 0 Å². The molecule has 0 spiro atoms. The van der Waals surface area contributed by atoms with Crippen LogP contribution in [0.5, 0.6) is 0 Å². The summed E-state index contributed by atoms with van der Waals surface area (Å²) in [6, 6.07) is 13.2. The van der Waals surface area contributed by atoms with Crippen LogP contribution in [0.25, 0.3) is 0 Å². The molecule has 1 aliphatic carbocycles. The van der Waals surface area contributed by atoms with Crippen molar-refractivity contribution in [1.82, 2.24) is 0 Å². The fraction of sp³-hybridized carbons (Fsp3) is 0.300. The molecule has 4 nitrogen and oxygen atoms in total. The zero-order valence-corrected chi connectivity index (χ0v) is 15.7. The Morgan fingerprint density at radius 3 is 2.28 bits per heavy atom. The molecule has 3 rings (SSSR count). The first kappa shape index (κ1) is 17.7. The lowest BCUT2D eigenvalue weighted by Crippen LogP contribution is -2.38. The molecule has 0 bridgehead atoms. The highest BCUT2D eigenvalue weighted by Crippen LogP contribution is 2.42. The van der Waals surface area contributed by atoms with Gasteiger partial charge in [-0.15, -0.1) is 0 Å². The molecule has 2 aromatic rings. The molecule has 0 heterocycles. The Balaban J connectivity index is 1.88. The lowest BCUT2D eigenvalue weighted by atomic mass is 9.78. The van der Waals surface area contributed by atoms with Crippen molar-refractivity contribution in [3.05, 3.63) is 63.6 Å². The van der Waals surface area contributed by atoms with Gasteiger partial charge in [0.15, 0.2) is 0 Å². The van der Waals surface area contributed by atoms with Crippen molar-refractivity contribution >= 4 is 33.4 Å². The Bertz CT molecular complexity index is 809. The van der Waals surface area contributed by atoms with Crippen LogP contribution in [0.15, 0.2) is 46.9 Å². The molecular weight excluding hydrogens is 380 g/mol. The van der Waals surface area contributed by atoms with Gasteiger partial charge in [-0.05, 0) is 61.2 Å². The molecule has 0 atom stereocenters. The van der Waals surface area contributed by atoms with Crippen molar-refractivity contribution in [2.75, 3.05) is 5.32 Å². The standard InChI is InChI=1S/C20H21BrN2O2/c1-13-12-16(8-9-17(13)18(22)24)23-19(25)20(10-2-3-11-20)14-4-6-15(21)7-5-14/h4-9,12H,2-3,10-11H2,1H3,(H2,22,24)(H,23,25). The van der Waals surface area contributed by atoms with Gasteiger partial charge in [-0.25, -0.2) is 0 Å². The zero-order chi connectivity index (χ0) is 18.0. The minimum atomic E-state index is -0.489. The first-order chi connectivity index (χ1) is 11.9. The molecule has 25 heavy (non-hydrogen) atoms. The van der Waals surface area contributed by atoms with E-state index in [1.807, 2.05) is 31.2 Å². The first-order valence-corrected chi connectivity index (χ1v) is 9.20. The monoisotopic (exact) mass is 400 g/mol. The highest BCUT2D eigenvalue weighted by molar-refractivity contribution is 9.10. The summed E-state index contributed by atoms with van der Waals surface area (Å²) in [5, 5.41) is 3.04. The second-order valence-corrected chi connectivity index (χ2v) is 7.56. The maximum Gasteiger partial charge on any atom is 0.248 e. The number of carbonyl (C=O) groups excluding carboxylic acids is 2. The summed E-state index contributed by atoms with van der Waals surface area (Å²) in [4.78, 5) is 24.5. The lowest BCUT2D eigenvalue weighted by Gasteiger charge is -2.28. The number of nitrogens with one attached hydrogen (secondary N) is 1. The van der Waals surface area contributed by atoms with Crippen LogP contribution in [0.3, 0.4) is 0 Å². The van der Waals surface area contributed by atoms with E-state index >= 15 is 0 Å². The highest BCUT2D eigenvalue weighted by Gasteiger charge is 2.42. The molecule has 1 aliphatic rings. The third-order valence-electron chi connectivity index (χ3n) is 5.04. The van der Waals surface area contributed by atoms with E-state index in [-0.39, 0.29) is 5.91 Å². The van der Waals surface area contributed by atoms with Gasteiger partial charge in [0.05, 0.1) is 5.41 Å². The molecular formula is C20H21BrN2O2. The van der Waals surface area contributed by atoms with E-state index in [2.05, 4.69) is 21.2 Å². The minimum Gasteiger partial charge on any atom is -0.366 e. The van der Waals surface area contributed by atoms with Gasteiger partial charge in [-0.1, -0.05) is 40.9 Å². The van der Waals surface area contributed by atoms with E-state index in [4.69, 9.17) is 5.73 Å². The Morgan fingerprint density at radius 2 is 1.72 bits per heavy atom. The summed E-state index contributed by atoms with van der Waals surface area (Å²) in [5.74, 6) is -0.448. The molecule has 1 saturated carbocycles. The quantitative estimate of drug-likeness (QED) is 0.802. The summed E-state index contributed by atoms with van der Waals surface area (Å²) in [6.07, 6.45) is 3.78. The van der Waals surface area contributed by atoms with E-state index in [0.717, 1.165) is 41.3 Å². The largest absolute Gasteiger partial charge is 0.366 e. The number of nitrogens with two attached hydrogens (primary N) is 1. The average molecular weight is 401 g/mol. The fourth-order valence-electron chi connectivity index (χ4n) is 3.66. The Kier molecular flexibility index (Phi) is 4.95. The van der Waals surface area contributed by atoms with Gasteiger partial charge in [0.25, 0.3) is 0 Å². The van der Waals surface area contributed by atoms with Crippen LogP contribution in [0.1, 0.15) is 47.2 Å². The molecule has 3 N–H and O–H groups in total. The van der Waals surface area contributed by atoms with Gasteiger partial charge in [0.2, 0.25) is 11.8 Å². The van der Waals surface area contributed by atoms with E-state index in [9.17, 15) is 9.59 Å². The van der Waals surface area contributed by atoms with Crippen LogP contribution in [-0.4, -0.2) is 11.8 Å². The molecule has 0 saturated heterocycles. The summed E-state index contributed by atoms with van der Waals surface area (Å²) in [7, 11) is 0. The smallest absolute Gasteiger partial charge is 0.248 e. The molecule has 130 valence electrons. The van der Waals surface area contributed by atoms with Crippen molar-refractivity contribution in [3.63, 3.8) is 0 Å². The molecule has 1 fully saturated rings. The molecule has 2 amide bonds. The zero-order valence-electron chi connectivity index (χ0n) is 14.1.